The molecule has 2 heterocycles. The van der Waals surface area contributed by atoms with Gasteiger partial charge in [0.05, 0.1) is 11.2 Å². The summed E-state index contributed by atoms with van der Waals surface area (Å²) in [6.45, 7) is 0. The van der Waals surface area contributed by atoms with Gasteiger partial charge in [0.15, 0.2) is 0 Å². The number of aromatic nitrogens is 1. The molecule has 70 valence electrons. The van der Waals surface area contributed by atoms with Crippen molar-refractivity contribution in [3.63, 3.8) is 0 Å². The molecule has 1 atom stereocenters. The second kappa shape index (κ2) is 3.67. The first-order valence-electron chi connectivity index (χ1n) is 4.07. The SMILES string of the molecule is O=C(O)c1scnc1C1CCCS1. The van der Waals surface area contributed by atoms with Crippen LogP contribution in [-0.4, -0.2) is 21.8 Å². The average Bonchev–Trinajstić information content (AvgIpc) is 2.74. The molecule has 1 fully saturated rings. The third-order valence-corrected chi connectivity index (χ3v) is 4.24. The summed E-state index contributed by atoms with van der Waals surface area (Å²) in [6.07, 6.45) is 2.24. The van der Waals surface area contributed by atoms with Gasteiger partial charge in [-0.2, -0.15) is 11.8 Å². The molecular formula is C8H9NO2S2. The Kier molecular flexibility index (Phi) is 2.55. The van der Waals surface area contributed by atoms with E-state index in [9.17, 15) is 4.79 Å². The lowest BCUT2D eigenvalue weighted by Crippen LogP contribution is -2.00. The number of thioether (sulfide) groups is 1. The van der Waals surface area contributed by atoms with Crippen molar-refractivity contribution in [2.75, 3.05) is 5.75 Å². The first kappa shape index (κ1) is 9.02. The lowest BCUT2D eigenvalue weighted by Gasteiger charge is -2.04. The number of rotatable bonds is 2. The minimum Gasteiger partial charge on any atom is -0.477 e. The fourth-order valence-electron chi connectivity index (χ4n) is 1.44. The normalized spacial score (nSPS) is 22.0. The number of carbonyl (C=O) groups is 1. The Morgan fingerprint density at radius 2 is 2.54 bits per heavy atom. The zero-order valence-corrected chi connectivity index (χ0v) is 8.53. The highest BCUT2D eigenvalue weighted by atomic mass is 32.2. The summed E-state index contributed by atoms with van der Waals surface area (Å²) in [5, 5.41) is 9.19. The third kappa shape index (κ3) is 1.71. The second-order valence-corrected chi connectivity index (χ2v) is 5.04. The monoisotopic (exact) mass is 215 g/mol. The van der Waals surface area contributed by atoms with Crippen LogP contribution in [0.2, 0.25) is 0 Å². The van der Waals surface area contributed by atoms with Crippen molar-refractivity contribution in [1.29, 1.82) is 0 Å². The van der Waals surface area contributed by atoms with E-state index in [-0.39, 0.29) is 0 Å². The predicted octanol–water partition coefficient (Wildman–Crippen LogP) is 2.41. The smallest absolute Gasteiger partial charge is 0.347 e. The molecule has 13 heavy (non-hydrogen) atoms. The highest BCUT2D eigenvalue weighted by molar-refractivity contribution is 7.99. The fraction of sp³-hybridized carbons (Fsp3) is 0.500. The zero-order valence-electron chi connectivity index (χ0n) is 6.90. The van der Waals surface area contributed by atoms with Gasteiger partial charge in [-0.15, -0.1) is 11.3 Å². The van der Waals surface area contributed by atoms with E-state index in [2.05, 4.69) is 4.98 Å². The number of hydrogen-bond donors (Lipinski definition) is 1. The topological polar surface area (TPSA) is 50.2 Å². The molecule has 3 nitrogen and oxygen atoms in total. The van der Waals surface area contributed by atoms with Crippen LogP contribution in [0.15, 0.2) is 5.51 Å². The Morgan fingerprint density at radius 3 is 3.15 bits per heavy atom. The largest absolute Gasteiger partial charge is 0.477 e. The molecule has 0 spiro atoms. The highest BCUT2D eigenvalue weighted by Gasteiger charge is 2.25. The zero-order chi connectivity index (χ0) is 9.26. The average molecular weight is 215 g/mol. The van der Waals surface area contributed by atoms with Gasteiger partial charge in [0.25, 0.3) is 0 Å². The van der Waals surface area contributed by atoms with Gasteiger partial charge < -0.3 is 5.11 Å². The van der Waals surface area contributed by atoms with Crippen molar-refractivity contribution < 1.29 is 9.90 Å². The van der Waals surface area contributed by atoms with Crippen LogP contribution in [-0.2, 0) is 0 Å². The number of nitrogens with zero attached hydrogens (tertiary/aromatic N) is 1. The van der Waals surface area contributed by atoms with Crippen molar-refractivity contribution >= 4 is 29.1 Å². The molecular weight excluding hydrogens is 206 g/mol. The van der Waals surface area contributed by atoms with Crippen LogP contribution < -0.4 is 0 Å². The van der Waals surface area contributed by atoms with Crippen LogP contribution in [0.3, 0.4) is 0 Å². The maximum atomic E-state index is 10.8. The molecule has 0 radical (unpaired) electrons. The summed E-state index contributed by atoms with van der Waals surface area (Å²) in [7, 11) is 0. The van der Waals surface area contributed by atoms with Gasteiger partial charge in [-0.25, -0.2) is 9.78 Å². The number of thiazole rings is 1. The molecule has 0 bridgehead atoms. The molecule has 0 amide bonds. The maximum Gasteiger partial charge on any atom is 0.347 e. The van der Waals surface area contributed by atoms with Crippen molar-refractivity contribution in [2.45, 2.75) is 18.1 Å². The lowest BCUT2D eigenvalue weighted by molar-refractivity contribution is 0.0700. The molecule has 0 aliphatic carbocycles. The Bertz CT molecular complexity index is 318. The van der Waals surface area contributed by atoms with Crippen molar-refractivity contribution in [2.24, 2.45) is 0 Å². The van der Waals surface area contributed by atoms with Crippen LogP contribution in [0, 0.1) is 0 Å². The van der Waals surface area contributed by atoms with Gasteiger partial charge in [0, 0.05) is 5.25 Å². The van der Waals surface area contributed by atoms with Crippen LogP contribution >= 0.6 is 23.1 Å². The molecule has 2 rings (SSSR count). The minimum atomic E-state index is -0.843. The number of aromatic carboxylic acids is 1. The number of hydrogen-bond acceptors (Lipinski definition) is 4. The van der Waals surface area contributed by atoms with Crippen LogP contribution in [0.4, 0.5) is 0 Å². The van der Waals surface area contributed by atoms with Crippen molar-refractivity contribution in [1.82, 2.24) is 4.98 Å². The van der Waals surface area contributed by atoms with Crippen LogP contribution in [0.5, 0.6) is 0 Å². The lowest BCUT2D eigenvalue weighted by atomic mass is 10.2. The Hall–Kier alpha value is -0.550. The molecule has 1 N–H and O–H groups in total. The molecule has 0 aromatic carbocycles. The molecule has 1 unspecified atom stereocenters. The predicted molar refractivity (Wildman–Crippen MR) is 53.5 cm³/mol. The Labute approximate surface area is 84.2 Å². The highest BCUT2D eigenvalue weighted by Crippen LogP contribution is 2.41. The van der Waals surface area contributed by atoms with E-state index in [0.717, 1.165) is 17.9 Å². The summed E-state index contributed by atoms with van der Waals surface area (Å²) in [6, 6.07) is 0. The Morgan fingerprint density at radius 1 is 1.69 bits per heavy atom. The van der Waals surface area contributed by atoms with Gasteiger partial charge in [0.2, 0.25) is 0 Å². The van der Waals surface area contributed by atoms with Gasteiger partial charge in [-0.1, -0.05) is 0 Å². The summed E-state index contributed by atoms with van der Waals surface area (Å²) >= 11 is 3.03. The molecule has 5 heteroatoms. The first-order chi connectivity index (χ1) is 6.29. The van der Waals surface area contributed by atoms with E-state index in [1.165, 1.54) is 17.8 Å². The van der Waals surface area contributed by atoms with Gasteiger partial charge in [-0.05, 0) is 18.6 Å². The first-order valence-corrected chi connectivity index (χ1v) is 6.00. The Balaban J connectivity index is 2.28. The van der Waals surface area contributed by atoms with E-state index >= 15 is 0 Å². The van der Waals surface area contributed by atoms with Crippen molar-refractivity contribution in [3.05, 3.63) is 16.1 Å². The van der Waals surface area contributed by atoms with Crippen LogP contribution in [0.1, 0.15) is 33.5 Å². The summed E-state index contributed by atoms with van der Waals surface area (Å²) in [4.78, 5) is 15.4. The summed E-state index contributed by atoms with van der Waals surface area (Å²) in [5.41, 5.74) is 2.40. The summed E-state index contributed by atoms with van der Waals surface area (Å²) in [5.74, 6) is 0.284. The molecule has 1 aromatic rings. The maximum absolute atomic E-state index is 10.8. The molecule has 0 saturated carbocycles. The molecule has 1 saturated heterocycles. The van der Waals surface area contributed by atoms with Crippen molar-refractivity contribution in [3.8, 4) is 0 Å². The van der Waals surface area contributed by atoms with E-state index in [4.69, 9.17) is 5.11 Å². The standard InChI is InChI=1S/C8H9NO2S2/c10-8(11)7-6(9-4-13-7)5-2-1-3-12-5/h4-5H,1-3H2,(H,10,11). The summed E-state index contributed by atoms with van der Waals surface area (Å²) < 4.78 is 0. The van der Waals surface area contributed by atoms with Gasteiger partial charge in [-0.3, -0.25) is 0 Å². The quantitative estimate of drug-likeness (QED) is 0.823. The van der Waals surface area contributed by atoms with E-state index < -0.39 is 5.97 Å². The van der Waals surface area contributed by atoms with Crippen LogP contribution in [0.25, 0.3) is 0 Å². The molecule has 1 aliphatic heterocycles. The van der Waals surface area contributed by atoms with E-state index in [1.54, 1.807) is 5.51 Å². The number of carboxylic acid groups (broad SMARTS) is 1. The van der Waals surface area contributed by atoms with E-state index in [0.29, 0.717) is 10.1 Å². The van der Waals surface area contributed by atoms with Gasteiger partial charge in [0.1, 0.15) is 4.88 Å². The second-order valence-electron chi connectivity index (χ2n) is 2.87. The fourth-order valence-corrected chi connectivity index (χ4v) is 3.49. The number of carboxylic acids is 1. The minimum absolute atomic E-state index is 0.317. The third-order valence-electron chi connectivity index (χ3n) is 2.02. The molecule has 1 aromatic heterocycles. The van der Waals surface area contributed by atoms with Gasteiger partial charge >= 0.3 is 5.97 Å². The molecule has 1 aliphatic rings. The van der Waals surface area contributed by atoms with E-state index in [1.807, 2.05) is 11.8 Å².